The van der Waals surface area contributed by atoms with Crippen LogP contribution in [0, 0.1) is 0 Å². The van der Waals surface area contributed by atoms with Crippen molar-refractivity contribution in [3.05, 3.63) is 133 Å². The maximum Gasteiger partial charge on any atom is 0.0442 e. The van der Waals surface area contributed by atoms with Crippen LogP contribution < -0.4 is 0 Å². The van der Waals surface area contributed by atoms with Crippen LogP contribution in [0.1, 0.15) is 0 Å². The minimum absolute atomic E-state index is 1.26. The van der Waals surface area contributed by atoms with Gasteiger partial charge in [0.2, 0.25) is 0 Å². The highest BCUT2D eigenvalue weighted by atomic mass is 32.1. The van der Waals surface area contributed by atoms with Crippen molar-refractivity contribution in [3.63, 3.8) is 0 Å². The second-order valence-electron chi connectivity index (χ2n) is 10.5. The Morgan fingerprint density at radius 3 is 1.80 bits per heavy atom. The molecule has 2 heteroatoms. The Morgan fingerprint density at radius 1 is 0.425 bits per heavy atom. The number of benzene rings is 7. The third kappa shape index (κ3) is 3.12. The van der Waals surface area contributed by atoms with E-state index in [0.29, 0.717) is 0 Å². The van der Waals surface area contributed by atoms with Crippen molar-refractivity contribution < 1.29 is 0 Å². The maximum atomic E-state index is 2.46. The minimum Gasteiger partial charge on any atom is -0.143 e. The van der Waals surface area contributed by atoms with Crippen LogP contribution in [0.15, 0.2) is 133 Å². The first-order valence-corrected chi connectivity index (χ1v) is 15.3. The summed E-state index contributed by atoms with van der Waals surface area (Å²) in [6.07, 6.45) is 0. The summed E-state index contributed by atoms with van der Waals surface area (Å²) in [5, 5.41) is 14.1. The Kier molecular flexibility index (Phi) is 4.74. The summed E-state index contributed by atoms with van der Waals surface area (Å²) in [6, 6.07) is 47.1. The molecule has 0 aliphatic carbocycles. The third-order valence-corrected chi connectivity index (χ3v) is 10.4. The van der Waals surface area contributed by atoms with Crippen LogP contribution >= 0.6 is 22.7 Å². The number of hydrogen-bond donors (Lipinski definition) is 0. The largest absolute Gasteiger partial charge is 0.143 e. The van der Waals surface area contributed by atoms with Crippen molar-refractivity contribution in [1.82, 2.24) is 0 Å². The van der Waals surface area contributed by atoms with Crippen molar-refractivity contribution in [2.75, 3.05) is 0 Å². The van der Waals surface area contributed by atoms with E-state index in [4.69, 9.17) is 0 Å². The van der Waals surface area contributed by atoms with Gasteiger partial charge in [-0.15, -0.1) is 22.7 Å². The molecule has 2 aromatic heterocycles. The van der Waals surface area contributed by atoms with Gasteiger partial charge in [0.1, 0.15) is 0 Å². The molecule has 0 saturated heterocycles. The summed E-state index contributed by atoms with van der Waals surface area (Å²) in [5.41, 5.74) is 5.23. The van der Waals surface area contributed by atoms with E-state index in [-0.39, 0.29) is 0 Å². The third-order valence-electron chi connectivity index (χ3n) is 8.32. The number of hydrogen-bond acceptors (Lipinski definition) is 2. The van der Waals surface area contributed by atoms with E-state index < -0.39 is 0 Å². The zero-order valence-corrected chi connectivity index (χ0v) is 23.2. The zero-order chi connectivity index (χ0) is 26.2. The summed E-state index contributed by atoms with van der Waals surface area (Å²) in [5.74, 6) is 0. The van der Waals surface area contributed by atoms with E-state index in [2.05, 4.69) is 133 Å². The van der Waals surface area contributed by atoms with Crippen LogP contribution in [-0.4, -0.2) is 0 Å². The van der Waals surface area contributed by atoms with Crippen LogP contribution in [0.3, 0.4) is 0 Å². The van der Waals surface area contributed by atoms with E-state index >= 15 is 0 Å². The second kappa shape index (κ2) is 8.50. The average Bonchev–Trinajstić information content (AvgIpc) is 3.64. The van der Waals surface area contributed by atoms with Gasteiger partial charge in [0.15, 0.2) is 0 Å². The van der Waals surface area contributed by atoms with Crippen molar-refractivity contribution in [2.45, 2.75) is 0 Å². The van der Waals surface area contributed by atoms with E-state index in [0.717, 1.165) is 0 Å². The first kappa shape index (κ1) is 22.3. The lowest BCUT2D eigenvalue weighted by molar-refractivity contribution is 1.69. The fourth-order valence-corrected chi connectivity index (χ4v) is 8.81. The van der Waals surface area contributed by atoms with Crippen LogP contribution in [0.4, 0.5) is 0 Å². The fraction of sp³-hybridized carbons (Fsp3) is 0. The second-order valence-corrected chi connectivity index (χ2v) is 12.5. The molecule has 0 aliphatic rings. The Bertz CT molecular complexity index is 2380. The molecule has 186 valence electrons. The molecule has 0 fully saturated rings. The van der Waals surface area contributed by atoms with E-state index in [1.165, 1.54) is 84.8 Å². The number of rotatable bonds is 2. The normalized spacial score (nSPS) is 12.0. The summed E-state index contributed by atoms with van der Waals surface area (Å²) in [7, 11) is 0. The van der Waals surface area contributed by atoms with Gasteiger partial charge in [-0.05, 0) is 84.2 Å². The Morgan fingerprint density at radius 2 is 1.05 bits per heavy atom. The van der Waals surface area contributed by atoms with Gasteiger partial charge in [-0.2, -0.15) is 0 Å². The highest BCUT2D eigenvalue weighted by Gasteiger charge is 2.20. The molecule has 40 heavy (non-hydrogen) atoms. The van der Waals surface area contributed by atoms with Gasteiger partial charge in [0.05, 0.1) is 0 Å². The van der Waals surface area contributed by atoms with Crippen molar-refractivity contribution in [1.29, 1.82) is 0 Å². The molecule has 0 saturated carbocycles. The molecule has 2 heterocycles. The Balaban J connectivity index is 1.44. The maximum absolute atomic E-state index is 2.46. The first-order valence-electron chi connectivity index (χ1n) is 13.6. The van der Waals surface area contributed by atoms with Crippen molar-refractivity contribution in [2.24, 2.45) is 0 Å². The fourth-order valence-electron chi connectivity index (χ4n) is 6.61. The molecule has 0 amide bonds. The molecular weight excluding hydrogens is 521 g/mol. The SMILES string of the molecule is c1ccc2cc(-c3c4ccccc4c(-c4cc5sc6ccccc6c5c5sccc45)c4ccccc34)ccc2c1. The molecule has 9 rings (SSSR count). The van der Waals surface area contributed by atoms with Gasteiger partial charge < -0.3 is 0 Å². The van der Waals surface area contributed by atoms with Crippen LogP contribution in [0.5, 0.6) is 0 Å². The Hall–Kier alpha value is -4.50. The van der Waals surface area contributed by atoms with Gasteiger partial charge >= 0.3 is 0 Å². The van der Waals surface area contributed by atoms with E-state index in [1.807, 2.05) is 22.7 Å². The molecule has 0 atom stereocenters. The summed E-state index contributed by atoms with van der Waals surface area (Å²) < 4.78 is 4.10. The van der Waals surface area contributed by atoms with Gasteiger partial charge in [-0.3, -0.25) is 0 Å². The van der Waals surface area contributed by atoms with Crippen molar-refractivity contribution >= 4 is 85.2 Å². The molecular formula is C38H22S2. The van der Waals surface area contributed by atoms with Gasteiger partial charge in [0, 0.05) is 30.3 Å². The highest BCUT2D eigenvalue weighted by molar-refractivity contribution is 7.27. The van der Waals surface area contributed by atoms with Crippen LogP contribution in [0.2, 0.25) is 0 Å². The molecule has 0 spiro atoms. The summed E-state index contributed by atoms with van der Waals surface area (Å²) in [4.78, 5) is 0. The standard InChI is InChI=1S/C38H22S2/c1-2-10-24-21-25(18-17-23(24)9-1)35-26-11-3-5-13-28(26)36(29-14-6-4-12-27(29)35)32-22-34-37(38-30(32)19-20-39-38)31-15-7-8-16-33(31)40-34/h1-22H. The lowest BCUT2D eigenvalue weighted by Gasteiger charge is -2.18. The number of thiophene rings is 2. The minimum atomic E-state index is 1.26. The van der Waals surface area contributed by atoms with Crippen LogP contribution in [-0.2, 0) is 0 Å². The first-order chi connectivity index (χ1) is 19.8. The predicted molar refractivity (Wildman–Crippen MR) is 178 cm³/mol. The number of fused-ring (bicyclic) bond motifs is 8. The van der Waals surface area contributed by atoms with Crippen molar-refractivity contribution in [3.8, 4) is 22.3 Å². The van der Waals surface area contributed by atoms with E-state index in [9.17, 15) is 0 Å². The predicted octanol–water partition coefficient (Wildman–Crippen LogP) is 12.1. The molecule has 0 bridgehead atoms. The summed E-state index contributed by atoms with van der Waals surface area (Å²) in [6.45, 7) is 0. The van der Waals surface area contributed by atoms with Gasteiger partial charge in [0.25, 0.3) is 0 Å². The molecule has 9 aromatic rings. The topological polar surface area (TPSA) is 0 Å². The molecule has 7 aromatic carbocycles. The average molecular weight is 543 g/mol. The zero-order valence-electron chi connectivity index (χ0n) is 21.5. The molecule has 0 unspecified atom stereocenters. The van der Waals surface area contributed by atoms with Gasteiger partial charge in [-0.25, -0.2) is 0 Å². The molecule has 0 nitrogen and oxygen atoms in total. The van der Waals surface area contributed by atoms with Crippen LogP contribution in [0.25, 0.3) is 84.8 Å². The summed E-state index contributed by atoms with van der Waals surface area (Å²) >= 11 is 3.77. The Labute approximate surface area is 239 Å². The smallest absolute Gasteiger partial charge is 0.0442 e. The highest BCUT2D eigenvalue weighted by Crippen LogP contribution is 2.49. The lowest BCUT2D eigenvalue weighted by Crippen LogP contribution is -1.91. The quantitative estimate of drug-likeness (QED) is 0.191. The lowest BCUT2D eigenvalue weighted by atomic mass is 9.84. The molecule has 0 radical (unpaired) electrons. The van der Waals surface area contributed by atoms with Gasteiger partial charge in [-0.1, -0.05) is 103 Å². The van der Waals surface area contributed by atoms with E-state index in [1.54, 1.807) is 0 Å². The monoisotopic (exact) mass is 542 g/mol. The molecule has 0 N–H and O–H groups in total. The molecule has 0 aliphatic heterocycles.